The van der Waals surface area contributed by atoms with Crippen molar-refractivity contribution >= 4 is 33.6 Å². The number of carbonyl (C=O) groups is 3. The van der Waals surface area contributed by atoms with Crippen molar-refractivity contribution in [1.82, 2.24) is 0 Å². The minimum Gasteiger partial charge on any atom is -0.463 e. The van der Waals surface area contributed by atoms with Crippen LogP contribution in [0.1, 0.15) is 290 Å². The summed E-state index contributed by atoms with van der Waals surface area (Å²) in [5.41, 5.74) is 0. The molecule has 0 amide bonds. The van der Waals surface area contributed by atoms with Gasteiger partial charge in [0.2, 0.25) is 0 Å². The smallest absolute Gasteiger partial charge is 0.463 e. The highest BCUT2D eigenvalue weighted by Gasteiger charge is 2.29. The standard InChI is InChI=1S/C85H140O16P2/c1-4-7-10-13-16-19-22-25-28-30-32-34-36-37-38-39-40-41-43-45-46-48-51-53-56-59-62-65-68-71-83(88)95-74-80(86)75-97-102(91,92)98-76-81(87)77-99-103(93,94)100-79-82(101-85(90)73-70-67-64-61-58-55-50-27-24-21-18-15-12-9-6-3)78-96-84(89)72-69-66-63-60-57-54-52-49-47-44-42-35-33-31-29-26-23-20-17-14-11-8-5-2/h7-12,16-21,25-29,32-35,37-38,40-41,44,47,50,80-82,86-87H,4-6,13-15,22-24,30-31,36,39,42-43,45-46,48-49,51-79H2,1-3H3,(H,91,92)(H,93,94)/b10-7-,11-8-,12-9-,19-16-,20-17-,21-18-,28-25-,29-26-,34-32-,35-33-,38-37-,41-40-,47-44-,50-27-. The van der Waals surface area contributed by atoms with Crippen molar-refractivity contribution in [2.45, 2.75) is 309 Å². The summed E-state index contributed by atoms with van der Waals surface area (Å²) < 4.78 is 61.1. The molecule has 0 fully saturated rings. The van der Waals surface area contributed by atoms with E-state index in [4.69, 9.17) is 32.3 Å². The number of aliphatic hydroxyl groups excluding tert-OH is 2. The number of hydrogen-bond donors (Lipinski definition) is 4. The third kappa shape index (κ3) is 77.8. The Labute approximate surface area is 624 Å². The minimum absolute atomic E-state index is 0.0770. The Hall–Kier alpha value is -5.09. The van der Waals surface area contributed by atoms with Crippen LogP contribution in [0.5, 0.6) is 0 Å². The predicted octanol–water partition coefficient (Wildman–Crippen LogP) is 23.2. The lowest BCUT2D eigenvalue weighted by Crippen LogP contribution is -2.30. The lowest BCUT2D eigenvalue weighted by atomic mass is 10.1. The van der Waals surface area contributed by atoms with Gasteiger partial charge in [0.15, 0.2) is 6.10 Å². The van der Waals surface area contributed by atoms with Crippen molar-refractivity contribution < 1.29 is 75.8 Å². The molecule has 0 rings (SSSR count). The molecule has 0 aliphatic carbocycles. The molecule has 586 valence electrons. The van der Waals surface area contributed by atoms with E-state index < -0.39 is 91.5 Å². The van der Waals surface area contributed by atoms with Crippen LogP contribution in [0.15, 0.2) is 170 Å². The Kier molecular flexibility index (Phi) is 72.8. The van der Waals surface area contributed by atoms with Gasteiger partial charge >= 0.3 is 33.6 Å². The number of allylic oxidation sites excluding steroid dienone is 28. The number of ether oxygens (including phenoxy) is 3. The number of rotatable bonds is 73. The maximum Gasteiger partial charge on any atom is 0.472 e. The first kappa shape index (κ1) is 97.9. The van der Waals surface area contributed by atoms with Gasteiger partial charge in [0.05, 0.1) is 26.4 Å². The highest BCUT2D eigenvalue weighted by Crippen LogP contribution is 2.45. The fraction of sp³-hybridized carbons (Fsp3) is 0.635. The van der Waals surface area contributed by atoms with Gasteiger partial charge < -0.3 is 34.2 Å². The molecule has 0 aromatic carbocycles. The van der Waals surface area contributed by atoms with Crippen LogP contribution in [0.2, 0.25) is 0 Å². The summed E-state index contributed by atoms with van der Waals surface area (Å²) in [6.07, 6.45) is 96.8. The molecule has 0 aliphatic rings. The molecule has 0 aliphatic heterocycles. The molecule has 0 aromatic heterocycles. The highest BCUT2D eigenvalue weighted by atomic mass is 31.2. The fourth-order valence-electron chi connectivity index (χ4n) is 10.0. The van der Waals surface area contributed by atoms with Crippen LogP contribution in [-0.2, 0) is 55.8 Å². The Morgan fingerprint density at radius 1 is 0.272 bits per heavy atom. The molecule has 103 heavy (non-hydrogen) atoms. The van der Waals surface area contributed by atoms with Gasteiger partial charge in [0.1, 0.15) is 25.4 Å². The van der Waals surface area contributed by atoms with E-state index in [1.807, 2.05) is 0 Å². The predicted molar refractivity (Wildman–Crippen MR) is 426 cm³/mol. The number of esters is 3. The number of aliphatic hydroxyl groups is 2. The van der Waals surface area contributed by atoms with E-state index in [9.17, 15) is 43.5 Å². The van der Waals surface area contributed by atoms with Crippen molar-refractivity contribution in [3.8, 4) is 0 Å². The number of carbonyl (C=O) groups excluding carboxylic acids is 3. The first-order chi connectivity index (χ1) is 50.2. The van der Waals surface area contributed by atoms with Crippen LogP contribution < -0.4 is 0 Å². The zero-order valence-electron chi connectivity index (χ0n) is 63.9. The van der Waals surface area contributed by atoms with E-state index in [0.717, 1.165) is 199 Å². The average Bonchev–Trinajstić information content (AvgIpc) is 0.915. The number of phosphoric acid groups is 2. The maximum absolute atomic E-state index is 13.0. The summed E-state index contributed by atoms with van der Waals surface area (Å²) >= 11 is 0. The molecule has 0 saturated carbocycles. The number of phosphoric ester groups is 2. The monoisotopic (exact) mass is 1480 g/mol. The molecule has 4 N–H and O–H groups in total. The minimum atomic E-state index is -4.94. The first-order valence-electron chi connectivity index (χ1n) is 39.4. The van der Waals surface area contributed by atoms with Crippen LogP contribution in [0.3, 0.4) is 0 Å². The Morgan fingerprint density at radius 3 is 0.767 bits per heavy atom. The van der Waals surface area contributed by atoms with Gasteiger partial charge in [-0.05, 0) is 148 Å². The second-order valence-corrected chi connectivity index (χ2v) is 28.6. The molecule has 0 aromatic rings. The van der Waals surface area contributed by atoms with E-state index in [2.05, 4.69) is 191 Å². The zero-order chi connectivity index (χ0) is 75.2. The van der Waals surface area contributed by atoms with Crippen LogP contribution in [0.25, 0.3) is 0 Å². The summed E-state index contributed by atoms with van der Waals surface area (Å²) in [5, 5.41) is 20.6. The number of hydrogen-bond acceptors (Lipinski definition) is 14. The summed E-state index contributed by atoms with van der Waals surface area (Å²) in [5.74, 6) is -1.62. The molecule has 0 saturated heterocycles. The lowest BCUT2D eigenvalue weighted by molar-refractivity contribution is -0.161. The van der Waals surface area contributed by atoms with E-state index in [0.29, 0.717) is 19.3 Å². The molecule has 18 heteroatoms. The summed E-state index contributed by atoms with van der Waals surface area (Å²) in [6, 6.07) is 0. The molecule has 5 atom stereocenters. The third-order valence-electron chi connectivity index (χ3n) is 15.9. The molecular formula is C85H140O16P2. The van der Waals surface area contributed by atoms with E-state index in [1.54, 1.807) is 0 Å². The number of unbranched alkanes of at least 4 members (excludes halogenated alkanes) is 22. The Morgan fingerprint density at radius 2 is 0.485 bits per heavy atom. The van der Waals surface area contributed by atoms with Crippen LogP contribution in [0.4, 0.5) is 0 Å². The highest BCUT2D eigenvalue weighted by molar-refractivity contribution is 7.47. The van der Waals surface area contributed by atoms with Crippen molar-refractivity contribution in [2.75, 3.05) is 39.6 Å². The quantitative estimate of drug-likeness (QED) is 0.0146. The lowest BCUT2D eigenvalue weighted by Gasteiger charge is -2.21. The van der Waals surface area contributed by atoms with Crippen molar-refractivity contribution in [2.24, 2.45) is 0 Å². The average molecular weight is 1480 g/mol. The zero-order valence-corrected chi connectivity index (χ0v) is 65.7. The van der Waals surface area contributed by atoms with E-state index in [1.165, 1.54) is 32.1 Å². The largest absolute Gasteiger partial charge is 0.472 e. The topological polar surface area (TPSA) is 231 Å². The summed E-state index contributed by atoms with van der Waals surface area (Å²) in [6.45, 7) is 2.29. The van der Waals surface area contributed by atoms with Crippen LogP contribution in [0, 0.1) is 0 Å². The maximum atomic E-state index is 13.0. The first-order valence-corrected chi connectivity index (χ1v) is 42.4. The second-order valence-electron chi connectivity index (χ2n) is 25.7. The van der Waals surface area contributed by atoms with Gasteiger partial charge in [-0.1, -0.05) is 294 Å². The molecule has 0 heterocycles. The normalized spacial score (nSPS) is 14.9. The summed E-state index contributed by atoms with van der Waals surface area (Å²) in [7, 11) is -9.81. The Bertz CT molecular complexity index is 2550. The third-order valence-corrected chi connectivity index (χ3v) is 17.8. The molecule has 5 unspecified atom stereocenters. The van der Waals surface area contributed by atoms with Gasteiger partial charge in [0.25, 0.3) is 0 Å². The molecular weight excluding hydrogens is 1340 g/mol. The SMILES string of the molecule is CC/C=C\C/C=C\C/C=C\C/C=C\C/C=C\C/C=C\CCCCCCCCCCCCC(=O)OCC(O)COP(=O)(O)OCC(O)COP(=O)(O)OCC(COC(=O)CCCCCCCCC/C=C\C/C=C\C/C=C\C/C=C\C/C=C\CC)OC(=O)CCCCCCC/C=C\C/C=C\C/C=C\CC. The van der Waals surface area contributed by atoms with Gasteiger partial charge in [0, 0.05) is 19.3 Å². The van der Waals surface area contributed by atoms with Gasteiger partial charge in [-0.3, -0.25) is 32.5 Å². The summed E-state index contributed by atoms with van der Waals surface area (Å²) in [4.78, 5) is 58.7. The molecule has 0 bridgehead atoms. The fourth-order valence-corrected chi connectivity index (χ4v) is 11.6. The van der Waals surface area contributed by atoms with Crippen molar-refractivity contribution in [1.29, 1.82) is 0 Å². The van der Waals surface area contributed by atoms with Crippen molar-refractivity contribution in [3.05, 3.63) is 170 Å². The van der Waals surface area contributed by atoms with Gasteiger partial charge in [-0.25, -0.2) is 9.13 Å². The molecule has 0 radical (unpaired) electrons. The molecule has 0 spiro atoms. The van der Waals surface area contributed by atoms with E-state index >= 15 is 0 Å². The molecule has 16 nitrogen and oxygen atoms in total. The van der Waals surface area contributed by atoms with Gasteiger partial charge in [-0.2, -0.15) is 0 Å². The van der Waals surface area contributed by atoms with Crippen LogP contribution >= 0.6 is 15.6 Å². The Balaban J connectivity index is 4.58. The van der Waals surface area contributed by atoms with E-state index in [-0.39, 0.29) is 19.3 Å². The van der Waals surface area contributed by atoms with Gasteiger partial charge in [-0.15, -0.1) is 0 Å². The van der Waals surface area contributed by atoms with Crippen molar-refractivity contribution in [3.63, 3.8) is 0 Å². The second kappa shape index (κ2) is 76.6. The van der Waals surface area contributed by atoms with Crippen LogP contribution in [-0.4, -0.2) is 95.9 Å².